The molecule has 24 heavy (non-hydrogen) atoms. The van der Waals surface area contributed by atoms with Crippen molar-refractivity contribution in [1.82, 2.24) is 19.7 Å². The summed E-state index contributed by atoms with van der Waals surface area (Å²) in [5.41, 5.74) is 3.60. The van der Waals surface area contributed by atoms with Gasteiger partial charge in [0, 0.05) is 49.9 Å². The summed E-state index contributed by atoms with van der Waals surface area (Å²) in [6.45, 7) is 3.51. The van der Waals surface area contributed by atoms with Gasteiger partial charge in [-0.05, 0) is 25.3 Å². The second-order valence-electron chi connectivity index (χ2n) is 6.07. The third-order valence-electron chi connectivity index (χ3n) is 4.36. The molecule has 1 saturated heterocycles. The fourth-order valence-corrected chi connectivity index (χ4v) is 3.70. The first kappa shape index (κ1) is 17.0. The maximum absolute atomic E-state index is 11.8. The van der Waals surface area contributed by atoms with Crippen LogP contribution >= 0.6 is 0 Å². The molecule has 0 unspecified atom stereocenters. The van der Waals surface area contributed by atoms with E-state index in [1.54, 1.807) is 6.07 Å². The molecule has 0 atom stereocenters. The molecule has 3 rings (SSSR count). The molecular weight excluding hydrogens is 328 g/mol. The maximum atomic E-state index is 11.8. The van der Waals surface area contributed by atoms with Crippen molar-refractivity contribution in [3.63, 3.8) is 0 Å². The molecule has 0 radical (unpaired) electrons. The van der Waals surface area contributed by atoms with E-state index in [1.807, 2.05) is 11.7 Å². The van der Waals surface area contributed by atoms with Gasteiger partial charge in [0.05, 0.1) is 11.4 Å². The van der Waals surface area contributed by atoms with Crippen molar-refractivity contribution >= 4 is 9.84 Å². The Morgan fingerprint density at radius 1 is 1.33 bits per heavy atom. The quantitative estimate of drug-likeness (QED) is 0.781. The van der Waals surface area contributed by atoms with Gasteiger partial charge < -0.3 is 4.74 Å². The van der Waals surface area contributed by atoms with E-state index in [1.165, 1.54) is 6.20 Å². The minimum atomic E-state index is -3.45. The van der Waals surface area contributed by atoms with E-state index >= 15 is 0 Å². The van der Waals surface area contributed by atoms with Gasteiger partial charge in [0.25, 0.3) is 0 Å². The number of sulfone groups is 1. The molecule has 1 aliphatic heterocycles. The molecular formula is C16H22N4O3S. The van der Waals surface area contributed by atoms with Crippen LogP contribution in [0.5, 0.6) is 0 Å². The summed E-state index contributed by atoms with van der Waals surface area (Å²) in [5.74, 6) is 0.303. The number of rotatable bonds is 4. The maximum Gasteiger partial charge on any atom is 0.247 e. The summed E-state index contributed by atoms with van der Waals surface area (Å²) in [6, 6.07) is 1.76. The predicted octanol–water partition coefficient (Wildman–Crippen LogP) is 1.74. The molecule has 2 aromatic heterocycles. The van der Waals surface area contributed by atoms with E-state index in [-0.39, 0.29) is 5.16 Å². The van der Waals surface area contributed by atoms with E-state index in [4.69, 9.17) is 9.84 Å². The van der Waals surface area contributed by atoms with Gasteiger partial charge in [-0.25, -0.2) is 18.4 Å². The van der Waals surface area contributed by atoms with E-state index in [9.17, 15) is 8.42 Å². The van der Waals surface area contributed by atoms with Crippen LogP contribution in [0, 0.1) is 0 Å². The Hall–Kier alpha value is -1.80. The van der Waals surface area contributed by atoms with E-state index in [2.05, 4.69) is 16.9 Å². The second kappa shape index (κ2) is 6.60. The Balaban J connectivity index is 2.15. The van der Waals surface area contributed by atoms with Gasteiger partial charge >= 0.3 is 0 Å². The van der Waals surface area contributed by atoms with Crippen LogP contribution in [-0.4, -0.2) is 47.6 Å². The minimum Gasteiger partial charge on any atom is -0.381 e. The van der Waals surface area contributed by atoms with Gasteiger partial charge in [-0.2, -0.15) is 5.10 Å². The largest absolute Gasteiger partial charge is 0.381 e. The SMILES string of the molecule is CCc1c(-c2ccnc(S(C)(=O)=O)n2)c(C2CCOCC2)nn1C. The zero-order valence-electron chi connectivity index (χ0n) is 14.2. The Morgan fingerprint density at radius 2 is 2.04 bits per heavy atom. The van der Waals surface area contributed by atoms with Gasteiger partial charge in [-0.3, -0.25) is 4.68 Å². The highest BCUT2D eigenvalue weighted by atomic mass is 32.2. The smallest absolute Gasteiger partial charge is 0.247 e. The van der Waals surface area contributed by atoms with E-state index in [0.717, 1.165) is 55.7 Å². The van der Waals surface area contributed by atoms with Crippen LogP contribution in [-0.2, 0) is 28.0 Å². The zero-order chi connectivity index (χ0) is 17.3. The number of aromatic nitrogens is 4. The summed E-state index contributed by atoms with van der Waals surface area (Å²) in [6.07, 6.45) is 5.24. The summed E-state index contributed by atoms with van der Waals surface area (Å²) in [7, 11) is -1.53. The molecule has 0 spiro atoms. The van der Waals surface area contributed by atoms with Crippen LogP contribution in [0.4, 0.5) is 0 Å². The van der Waals surface area contributed by atoms with Gasteiger partial charge in [-0.15, -0.1) is 0 Å². The first-order valence-corrected chi connectivity index (χ1v) is 9.98. The molecule has 8 heteroatoms. The Bertz CT molecular complexity index is 839. The third kappa shape index (κ3) is 3.21. The number of hydrogen-bond donors (Lipinski definition) is 0. The normalized spacial score (nSPS) is 16.5. The first-order valence-electron chi connectivity index (χ1n) is 8.08. The van der Waals surface area contributed by atoms with Crippen molar-refractivity contribution in [1.29, 1.82) is 0 Å². The molecule has 0 saturated carbocycles. The molecule has 7 nitrogen and oxygen atoms in total. The van der Waals surface area contributed by atoms with Crippen molar-refractivity contribution in [2.45, 2.75) is 37.3 Å². The fourth-order valence-electron chi connectivity index (χ4n) is 3.18. The lowest BCUT2D eigenvalue weighted by molar-refractivity contribution is 0.0845. The average Bonchev–Trinajstić information content (AvgIpc) is 2.91. The topological polar surface area (TPSA) is 87.0 Å². The summed E-state index contributed by atoms with van der Waals surface area (Å²) in [5, 5.41) is 4.58. The third-order valence-corrected chi connectivity index (χ3v) is 5.22. The number of aryl methyl sites for hydroxylation is 1. The monoisotopic (exact) mass is 350 g/mol. The van der Waals surface area contributed by atoms with Gasteiger partial charge in [0.1, 0.15) is 0 Å². The lowest BCUT2D eigenvalue weighted by Gasteiger charge is -2.21. The molecule has 0 aliphatic carbocycles. The molecule has 1 fully saturated rings. The Morgan fingerprint density at radius 3 is 2.67 bits per heavy atom. The van der Waals surface area contributed by atoms with Crippen LogP contribution in [0.2, 0.25) is 0 Å². The number of hydrogen-bond acceptors (Lipinski definition) is 6. The molecule has 3 heterocycles. The first-order chi connectivity index (χ1) is 11.4. The molecule has 130 valence electrons. The molecule has 0 N–H and O–H groups in total. The van der Waals surface area contributed by atoms with Crippen molar-refractivity contribution in [2.75, 3.05) is 19.5 Å². The highest BCUT2D eigenvalue weighted by molar-refractivity contribution is 7.90. The lowest BCUT2D eigenvalue weighted by Crippen LogP contribution is -2.15. The average molecular weight is 350 g/mol. The number of ether oxygens (including phenoxy) is 1. The molecule has 0 amide bonds. The van der Waals surface area contributed by atoms with Crippen LogP contribution < -0.4 is 0 Å². The van der Waals surface area contributed by atoms with E-state index in [0.29, 0.717) is 11.6 Å². The van der Waals surface area contributed by atoms with Crippen LogP contribution in [0.15, 0.2) is 17.4 Å². The highest BCUT2D eigenvalue weighted by Crippen LogP contribution is 2.36. The van der Waals surface area contributed by atoms with Crippen molar-refractivity contribution in [2.24, 2.45) is 7.05 Å². The van der Waals surface area contributed by atoms with Crippen LogP contribution in [0.1, 0.15) is 37.1 Å². The molecule has 0 bridgehead atoms. The minimum absolute atomic E-state index is 0.149. The molecule has 0 aromatic carbocycles. The highest BCUT2D eigenvalue weighted by Gasteiger charge is 2.27. The fraction of sp³-hybridized carbons (Fsp3) is 0.562. The predicted molar refractivity (Wildman–Crippen MR) is 89.5 cm³/mol. The van der Waals surface area contributed by atoms with Gasteiger partial charge in [-0.1, -0.05) is 6.92 Å². The summed E-state index contributed by atoms with van der Waals surface area (Å²) in [4.78, 5) is 8.20. The Labute approximate surface area is 142 Å². The lowest BCUT2D eigenvalue weighted by atomic mass is 9.91. The second-order valence-corrected chi connectivity index (χ2v) is 7.98. The van der Waals surface area contributed by atoms with Gasteiger partial charge in [0.15, 0.2) is 0 Å². The van der Waals surface area contributed by atoms with Gasteiger partial charge in [0.2, 0.25) is 15.0 Å². The molecule has 2 aromatic rings. The standard InChI is InChI=1S/C16H22N4O3S/c1-4-13-14(12-5-8-17-16(18-12)24(3,21)22)15(19-20(13)2)11-6-9-23-10-7-11/h5,8,11H,4,6-7,9-10H2,1-3H3. The molecule has 1 aliphatic rings. The summed E-state index contributed by atoms with van der Waals surface area (Å²) < 4.78 is 30.9. The number of nitrogens with zero attached hydrogens (tertiary/aromatic N) is 4. The van der Waals surface area contributed by atoms with Crippen LogP contribution in [0.25, 0.3) is 11.3 Å². The van der Waals surface area contributed by atoms with Crippen LogP contribution in [0.3, 0.4) is 0 Å². The zero-order valence-corrected chi connectivity index (χ0v) is 15.0. The summed E-state index contributed by atoms with van der Waals surface area (Å²) >= 11 is 0. The van der Waals surface area contributed by atoms with Crippen molar-refractivity contribution in [3.05, 3.63) is 23.7 Å². The van der Waals surface area contributed by atoms with Crippen molar-refractivity contribution < 1.29 is 13.2 Å². The van der Waals surface area contributed by atoms with Crippen molar-refractivity contribution in [3.8, 4) is 11.3 Å². The Kier molecular flexibility index (Phi) is 4.69. The van der Waals surface area contributed by atoms with E-state index < -0.39 is 9.84 Å².